The Bertz CT molecular complexity index is 337. The van der Waals surface area contributed by atoms with Crippen molar-refractivity contribution in [1.29, 1.82) is 0 Å². The van der Waals surface area contributed by atoms with Crippen LogP contribution in [-0.2, 0) is 6.54 Å². The van der Waals surface area contributed by atoms with Crippen molar-refractivity contribution in [2.24, 2.45) is 11.7 Å². The first-order chi connectivity index (χ1) is 7.58. The molecule has 0 aliphatic carbocycles. The summed E-state index contributed by atoms with van der Waals surface area (Å²) in [6.45, 7) is 9.18. The lowest BCUT2D eigenvalue weighted by atomic mass is 10.1. The van der Waals surface area contributed by atoms with Crippen LogP contribution in [0.1, 0.15) is 26.3 Å². The van der Waals surface area contributed by atoms with Crippen LogP contribution in [-0.4, -0.2) is 13.1 Å². The highest BCUT2D eigenvalue weighted by Gasteiger charge is 2.10. The average Bonchev–Trinajstić information content (AvgIpc) is 2.25. The number of halogens is 1. The van der Waals surface area contributed by atoms with Gasteiger partial charge in [0.05, 0.1) is 0 Å². The highest BCUT2D eigenvalue weighted by Crippen LogP contribution is 2.24. The lowest BCUT2D eigenvalue weighted by molar-refractivity contribution is 0.617. The van der Waals surface area contributed by atoms with Crippen LogP contribution in [0.25, 0.3) is 0 Å². The van der Waals surface area contributed by atoms with Gasteiger partial charge in [0.1, 0.15) is 0 Å². The molecule has 0 bridgehead atoms. The standard InChI is InChI=1S/C13H21ClN2/c1-4-16(9-10(2)3)13-6-5-12(14)7-11(13)8-15/h5-7,10H,4,8-9,15H2,1-3H3. The van der Waals surface area contributed by atoms with Crippen LogP contribution in [0.4, 0.5) is 5.69 Å². The maximum atomic E-state index is 5.98. The highest BCUT2D eigenvalue weighted by atomic mass is 35.5. The van der Waals surface area contributed by atoms with Gasteiger partial charge in [0, 0.05) is 30.3 Å². The second-order valence-corrected chi connectivity index (χ2v) is 4.85. The molecule has 0 radical (unpaired) electrons. The summed E-state index contributed by atoms with van der Waals surface area (Å²) in [5, 5.41) is 0.754. The number of hydrogen-bond acceptors (Lipinski definition) is 2. The van der Waals surface area contributed by atoms with Gasteiger partial charge in [-0.05, 0) is 36.6 Å². The van der Waals surface area contributed by atoms with Crippen LogP contribution < -0.4 is 10.6 Å². The third-order valence-corrected chi connectivity index (χ3v) is 2.80. The molecule has 3 heteroatoms. The number of rotatable bonds is 5. The first-order valence-corrected chi connectivity index (χ1v) is 6.19. The molecule has 0 fully saturated rings. The van der Waals surface area contributed by atoms with Crippen LogP contribution >= 0.6 is 11.6 Å². The molecule has 2 nitrogen and oxygen atoms in total. The normalized spacial score (nSPS) is 10.9. The van der Waals surface area contributed by atoms with Crippen molar-refractivity contribution >= 4 is 17.3 Å². The second kappa shape index (κ2) is 6.12. The summed E-state index contributed by atoms with van der Waals surface area (Å²) in [5.41, 5.74) is 8.09. The highest BCUT2D eigenvalue weighted by molar-refractivity contribution is 6.30. The summed E-state index contributed by atoms with van der Waals surface area (Å²) >= 11 is 5.98. The molecule has 0 aliphatic rings. The maximum absolute atomic E-state index is 5.98. The fourth-order valence-corrected chi connectivity index (χ4v) is 2.06. The molecule has 0 atom stereocenters. The minimum atomic E-state index is 0.532. The number of anilines is 1. The van der Waals surface area contributed by atoms with E-state index in [0.717, 1.165) is 23.7 Å². The number of nitrogens with zero attached hydrogens (tertiary/aromatic N) is 1. The van der Waals surface area contributed by atoms with Crippen molar-refractivity contribution in [3.05, 3.63) is 28.8 Å². The van der Waals surface area contributed by atoms with Crippen molar-refractivity contribution in [3.63, 3.8) is 0 Å². The molecule has 0 amide bonds. The Kier molecular flexibility index (Phi) is 5.10. The van der Waals surface area contributed by atoms with E-state index in [0.29, 0.717) is 12.5 Å². The Morgan fingerprint density at radius 1 is 1.38 bits per heavy atom. The van der Waals surface area contributed by atoms with E-state index in [1.165, 1.54) is 5.69 Å². The SMILES string of the molecule is CCN(CC(C)C)c1ccc(Cl)cc1CN. The molecule has 0 aromatic heterocycles. The summed E-state index contributed by atoms with van der Waals surface area (Å²) in [6.07, 6.45) is 0. The minimum absolute atomic E-state index is 0.532. The molecule has 0 saturated carbocycles. The van der Waals surface area contributed by atoms with Crippen molar-refractivity contribution < 1.29 is 0 Å². The van der Waals surface area contributed by atoms with E-state index < -0.39 is 0 Å². The van der Waals surface area contributed by atoms with E-state index in [2.05, 4.69) is 31.7 Å². The Labute approximate surface area is 103 Å². The molecule has 0 aliphatic heterocycles. The first kappa shape index (κ1) is 13.3. The largest absolute Gasteiger partial charge is 0.371 e. The zero-order valence-electron chi connectivity index (χ0n) is 10.3. The fraction of sp³-hybridized carbons (Fsp3) is 0.538. The maximum Gasteiger partial charge on any atom is 0.0412 e. The first-order valence-electron chi connectivity index (χ1n) is 5.81. The summed E-state index contributed by atoms with van der Waals surface area (Å²) in [6, 6.07) is 5.95. The Morgan fingerprint density at radius 2 is 2.06 bits per heavy atom. The van der Waals surface area contributed by atoms with Gasteiger partial charge in [0.15, 0.2) is 0 Å². The smallest absolute Gasteiger partial charge is 0.0412 e. The van der Waals surface area contributed by atoms with E-state index in [9.17, 15) is 0 Å². The third kappa shape index (κ3) is 3.39. The molecule has 2 N–H and O–H groups in total. The molecular formula is C13H21ClN2. The van der Waals surface area contributed by atoms with Gasteiger partial charge in [-0.15, -0.1) is 0 Å². The van der Waals surface area contributed by atoms with Crippen LogP contribution in [0, 0.1) is 5.92 Å². The minimum Gasteiger partial charge on any atom is -0.371 e. The van der Waals surface area contributed by atoms with Crippen molar-refractivity contribution in [1.82, 2.24) is 0 Å². The zero-order valence-corrected chi connectivity index (χ0v) is 11.1. The van der Waals surface area contributed by atoms with Gasteiger partial charge >= 0.3 is 0 Å². The number of nitrogens with two attached hydrogens (primary N) is 1. The molecule has 1 rings (SSSR count). The predicted molar refractivity (Wildman–Crippen MR) is 72.1 cm³/mol. The fourth-order valence-electron chi connectivity index (χ4n) is 1.86. The molecule has 1 aromatic rings. The molecule has 0 spiro atoms. The number of hydrogen-bond donors (Lipinski definition) is 1. The van der Waals surface area contributed by atoms with Gasteiger partial charge in [-0.25, -0.2) is 0 Å². The Hall–Kier alpha value is -0.730. The number of benzene rings is 1. The summed E-state index contributed by atoms with van der Waals surface area (Å²) in [4.78, 5) is 2.35. The van der Waals surface area contributed by atoms with E-state index >= 15 is 0 Å². The van der Waals surface area contributed by atoms with E-state index in [1.807, 2.05) is 12.1 Å². The van der Waals surface area contributed by atoms with Crippen LogP contribution in [0.3, 0.4) is 0 Å². The van der Waals surface area contributed by atoms with Crippen LogP contribution in [0.5, 0.6) is 0 Å². The molecular weight excluding hydrogens is 220 g/mol. The lowest BCUT2D eigenvalue weighted by Crippen LogP contribution is -2.28. The van der Waals surface area contributed by atoms with Gasteiger partial charge in [-0.3, -0.25) is 0 Å². The molecule has 0 unspecified atom stereocenters. The topological polar surface area (TPSA) is 29.3 Å². The van der Waals surface area contributed by atoms with Crippen LogP contribution in [0.15, 0.2) is 18.2 Å². The lowest BCUT2D eigenvalue weighted by Gasteiger charge is -2.27. The average molecular weight is 241 g/mol. The van der Waals surface area contributed by atoms with Crippen LogP contribution in [0.2, 0.25) is 5.02 Å². The molecule has 0 saturated heterocycles. The molecule has 0 heterocycles. The zero-order chi connectivity index (χ0) is 12.1. The molecule has 16 heavy (non-hydrogen) atoms. The van der Waals surface area contributed by atoms with Gasteiger partial charge in [-0.1, -0.05) is 25.4 Å². The van der Waals surface area contributed by atoms with Crippen molar-refractivity contribution in [2.75, 3.05) is 18.0 Å². The van der Waals surface area contributed by atoms with Gasteiger partial charge < -0.3 is 10.6 Å². The molecule has 1 aromatic carbocycles. The van der Waals surface area contributed by atoms with E-state index in [1.54, 1.807) is 0 Å². The third-order valence-electron chi connectivity index (χ3n) is 2.57. The van der Waals surface area contributed by atoms with Gasteiger partial charge in [-0.2, -0.15) is 0 Å². The monoisotopic (exact) mass is 240 g/mol. The summed E-state index contributed by atoms with van der Waals surface area (Å²) < 4.78 is 0. The second-order valence-electron chi connectivity index (χ2n) is 4.41. The van der Waals surface area contributed by atoms with Crippen molar-refractivity contribution in [2.45, 2.75) is 27.3 Å². The summed E-state index contributed by atoms with van der Waals surface area (Å²) in [5.74, 6) is 0.640. The quantitative estimate of drug-likeness (QED) is 0.856. The Balaban J connectivity index is 2.99. The predicted octanol–water partition coefficient (Wildman–Crippen LogP) is 3.28. The van der Waals surface area contributed by atoms with Crippen molar-refractivity contribution in [3.8, 4) is 0 Å². The molecule has 90 valence electrons. The summed E-state index contributed by atoms with van der Waals surface area (Å²) in [7, 11) is 0. The van der Waals surface area contributed by atoms with Gasteiger partial charge in [0.25, 0.3) is 0 Å². The van der Waals surface area contributed by atoms with E-state index in [-0.39, 0.29) is 0 Å². The Morgan fingerprint density at radius 3 is 2.56 bits per heavy atom. The van der Waals surface area contributed by atoms with Gasteiger partial charge in [0.2, 0.25) is 0 Å². The van der Waals surface area contributed by atoms with E-state index in [4.69, 9.17) is 17.3 Å².